The van der Waals surface area contributed by atoms with Crippen molar-refractivity contribution in [2.45, 2.75) is 4.90 Å². The second-order valence-electron chi connectivity index (χ2n) is 2.23. The van der Waals surface area contributed by atoms with Crippen molar-refractivity contribution in [1.82, 2.24) is 0 Å². The lowest BCUT2D eigenvalue weighted by molar-refractivity contribution is 0.296. The van der Waals surface area contributed by atoms with Crippen LogP contribution in [0.2, 0.25) is 0 Å². The van der Waals surface area contributed by atoms with E-state index in [1.165, 1.54) is 12.1 Å². The van der Waals surface area contributed by atoms with Gasteiger partial charge in [-0.15, -0.1) is 0 Å². The molecule has 72 valence electrons. The van der Waals surface area contributed by atoms with Crippen molar-refractivity contribution in [3.63, 3.8) is 0 Å². The van der Waals surface area contributed by atoms with Gasteiger partial charge >= 0.3 is 0 Å². The van der Waals surface area contributed by atoms with Crippen LogP contribution in [0.5, 0.6) is 0 Å². The molecule has 7 heteroatoms. The van der Waals surface area contributed by atoms with Crippen molar-refractivity contribution in [2.24, 2.45) is 0 Å². The fraction of sp³-hybridized carbons (Fsp3) is 0. The first-order chi connectivity index (χ1) is 5.91. The summed E-state index contributed by atoms with van der Waals surface area (Å²) < 4.78 is 21.5. The zero-order chi connectivity index (χ0) is 10.1. The minimum absolute atomic E-state index is 0.0454. The molecule has 0 atom stereocenters. The predicted octanol–water partition coefficient (Wildman–Crippen LogP) is 0.558. The highest BCUT2D eigenvalue weighted by Gasteiger charge is 2.09. The Bertz CT molecular complexity index is 386. The summed E-state index contributed by atoms with van der Waals surface area (Å²) in [6, 6.07) is 4.73. The van der Waals surface area contributed by atoms with E-state index in [0.29, 0.717) is 0 Å². The van der Waals surface area contributed by atoms with E-state index >= 15 is 0 Å². The fourth-order valence-corrected chi connectivity index (χ4v) is 1.51. The van der Waals surface area contributed by atoms with Crippen LogP contribution in [0.25, 0.3) is 0 Å². The molecule has 0 aromatic heterocycles. The maximum atomic E-state index is 10.7. The number of nitrogens with zero attached hydrogens (tertiary/aromatic N) is 1. The van der Waals surface area contributed by atoms with Gasteiger partial charge in [-0.05, 0) is 24.3 Å². The molecular formula is C6H6ClNO4S. The van der Waals surface area contributed by atoms with Gasteiger partial charge in [0.15, 0.2) is 0 Å². The Labute approximate surface area is 79.1 Å². The van der Waals surface area contributed by atoms with Gasteiger partial charge in [0.1, 0.15) is 0 Å². The molecule has 0 bridgehead atoms. The highest BCUT2D eigenvalue weighted by molar-refractivity contribution is 8.13. The van der Waals surface area contributed by atoms with Crippen LogP contribution in [0.3, 0.4) is 0 Å². The van der Waals surface area contributed by atoms with E-state index in [4.69, 9.17) is 15.9 Å². The summed E-state index contributed by atoms with van der Waals surface area (Å²) in [6.45, 7) is 0. The molecule has 13 heavy (non-hydrogen) atoms. The molecule has 0 aliphatic carbocycles. The highest BCUT2D eigenvalue weighted by Crippen LogP contribution is 2.18. The van der Waals surface area contributed by atoms with Crippen molar-refractivity contribution < 1.29 is 13.6 Å². The third-order valence-corrected chi connectivity index (χ3v) is 2.72. The van der Waals surface area contributed by atoms with E-state index < -0.39 is 9.05 Å². The van der Waals surface area contributed by atoms with Gasteiger partial charge in [-0.25, -0.2) is 8.42 Å². The number of rotatable bonds is 2. The van der Waals surface area contributed by atoms with Crippen LogP contribution in [0.15, 0.2) is 29.2 Å². The Balaban J connectivity index is 3.08. The van der Waals surface area contributed by atoms with Crippen molar-refractivity contribution in [3.8, 4) is 0 Å². The number of hydrogen-bond acceptors (Lipinski definition) is 4. The maximum Gasteiger partial charge on any atom is 0.261 e. The van der Waals surface area contributed by atoms with E-state index in [1.807, 2.05) is 0 Å². The molecular weight excluding hydrogens is 218 g/mol. The molecule has 0 saturated carbocycles. The van der Waals surface area contributed by atoms with Gasteiger partial charge in [0.05, 0.1) is 10.6 Å². The summed E-state index contributed by atoms with van der Waals surface area (Å²) in [7, 11) is 1.27. The zero-order valence-electron chi connectivity index (χ0n) is 6.27. The van der Waals surface area contributed by atoms with E-state index in [-0.39, 0.29) is 15.8 Å². The van der Waals surface area contributed by atoms with Crippen LogP contribution in [0.1, 0.15) is 0 Å². The Morgan fingerprint density at radius 3 is 2.08 bits per heavy atom. The van der Waals surface area contributed by atoms with Gasteiger partial charge in [-0.1, -0.05) is 0 Å². The number of halogens is 1. The van der Waals surface area contributed by atoms with E-state index in [9.17, 15) is 13.6 Å². The second kappa shape index (κ2) is 3.51. The summed E-state index contributed by atoms with van der Waals surface area (Å²) in [5.74, 6) is 0. The van der Waals surface area contributed by atoms with Crippen LogP contribution in [0, 0.1) is 5.21 Å². The first kappa shape index (κ1) is 10.3. The van der Waals surface area contributed by atoms with Crippen molar-refractivity contribution in [3.05, 3.63) is 29.5 Å². The molecule has 0 spiro atoms. The van der Waals surface area contributed by atoms with Crippen LogP contribution in [-0.2, 0) is 9.05 Å². The lowest BCUT2D eigenvalue weighted by Gasteiger charge is -2.15. The molecule has 0 aliphatic heterocycles. The average molecular weight is 224 g/mol. The van der Waals surface area contributed by atoms with E-state index in [2.05, 4.69) is 0 Å². The summed E-state index contributed by atoms with van der Waals surface area (Å²) in [5, 5.41) is 16.9. The molecule has 1 rings (SSSR count). The Morgan fingerprint density at radius 1 is 1.31 bits per heavy atom. The van der Waals surface area contributed by atoms with Crippen molar-refractivity contribution in [1.29, 1.82) is 0 Å². The first-order valence-corrected chi connectivity index (χ1v) is 5.45. The Kier molecular flexibility index (Phi) is 2.77. The number of benzene rings is 1. The standard InChI is InChI=1S/C6H5ClNO4S/c7-13(11,12)6-3-1-5(2-4-6)8(9)10/h1-4,9H/q-1/p+1. The Hall–Kier alpha value is -0.820. The largest absolute Gasteiger partial charge is 0.694 e. The van der Waals surface area contributed by atoms with Gasteiger partial charge in [0, 0.05) is 10.7 Å². The molecule has 0 radical (unpaired) electrons. The first-order valence-electron chi connectivity index (χ1n) is 3.14. The van der Waals surface area contributed by atoms with Crippen LogP contribution in [-0.4, -0.2) is 13.6 Å². The van der Waals surface area contributed by atoms with Crippen LogP contribution < -0.4 is 5.23 Å². The van der Waals surface area contributed by atoms with Gasteiger partial charge < -0.3 is 10.4 Å². The average Bonchev–Trinajstić information content (AvgIpc) is 2.03. The zero-order valence-corrected chi connectivity index (χ0v) is 7.84. The quantitative estimate of drug-likeness (QED) is 0.417. The maximum absolute atomic E-state index is 10.7. The van der Waals surface area contributed by atoms with Crippen molar-refractivity contribution >= 4 is 25.4 Å². The predicted molar refractivity (Wildman–Crippen MR) is 48.9 cm³/mol. The smallest absolute Gasteiger partial charge is 0.261 e. The molecule has 1 aromatic carbocycles. The van der Waals surface area contributed by atoms with E-state index in [1.54, 1.807) is 0 Å². The lowest BCUT2D eigenvalue weighted by Crippen LogP contribution is -2.06. The molecule has 0 fully saturated rings. The number of hydrogen-bond donors (Lipinski definition) is 0. The van der Waals surface area contributed by atoms with Gasteiger partial charge in [-0.3, -0.25) is 0 Å². The minimum Gasteiger partial charge on any atom is -0.694 e. The molecule has 0 heterocycles. The highest BCUT2D eigenvalue weighted by atomic mass is 35.7. The van der Waals surface area contributed by atoms with Crippen molar-refractivity contribution in [2.75, 3.05) is 5.23 Å². The molecule has 0 saturated heterocycles. The second-order valence-corrected chi connectivity index (χ2v) is 4.79. The summed E-state index contributed by atoms with van der Waals surface area (Å²) in [4.78, 5) is -0.0974. The monoisotopic (exact) mass is 223 g/mol. The van der Waals surface area contributed by atoms with E-state index in [0.717, 1.165) is 12.1 Å². The van der Waals surface area contributed by atoms with Crippen LogP contribution in [0.4, 0.5) is 5.69 Å². The normalized spacial score (nSPS) is 11.3. The Morgan fingerprint density at radius 2 is 1.77 bits per heavy atom. The van der Waals surface area contributed by atoms with Crippen LogP contribution >= 0.6 is 10.7 Å². The fourth-order valence-electron chi connectivity index (χ4n) is 0.744. The molecule has 2 N–H and O–H groups in total. The molecule has 1 aromatic rings. The summed E-state index contributed by atoms with van der Waals surface area (Å²) >= 11 is 0. The third-order valence-electron chi connectivity index (χ3n) is 1.35. The summed E-state index contributed by atoms with van der Waals surface area (Å²) in [6.07, 6.45) is 0. The van der Waals surface area contributed by atoms with Gasteiger partial charge in [0.25, 0.3) is 9.05 Å². The molecule has 0 unspecified atom stereocenters. The molecule has 0 aliphatic rings. The van der Waals surface area contributed by atoms with Gasteiger partial charge in [0.2, 0.25) is 0 Å². The minimum atomic E-state index is -3.75. The third kappa shape index (κ3) is 2.56. The van der Waals surface area contributed by atoms with Gasteiger partial charge in [-0.2, -0.15) is 5.23 Å². The lowest BCUT2D eigenvalue weighted by atomic mass is 10.3. The topological polar surface area (TPSA) is 83.3 Å². The molecule has 0 amide bonds. The molecule has 5 nitrogen and oxygen atoms in total. The SMILES string of the molecule is O=S(=O)(Cl)c1ccc(N([O-])[OH2+])cc1. The number of anilines is 1. The summed E-state index contributed by atoms with van der Waals surface area (Å²) in [5.41, 5.74) is 0.0454.